The first-order chi connectivity index (χ1) is 8.68. The molecule has 2 rings (SSSR count). The van der Waals surface area contributed by atoms with E-state index in [1.165, 1.54) is 4.90 Å². The van der Waals surface area contributed by atoms with Gasteiger partial charge in [0.15, 0.2) is 0 Å². The second-order valence-electron chi connectivity index (χ2n) is 4.07. The Morgan fingerprint density at radius 2 is 2.33 bits per heavy atom. The molecule has 2 heterocycles. The van der Waals surface area contributed by atoms with Crippen LogP contribution in [0.4, 0.5) is 0 Å². The van der Waals surface area contributed by atoms with Crippen molar-refractivity contribution in [1.29, 1.82) is 0 Å². The van der Waals surface area contributed by atoms with E-state index in [0.29, 0.717) is 25.3 Å². The van der Waals surface area contributed by atoms with Crippen LogP contribution in [0.1, 0.15) is 6.42 Å². The average Bonchev–Trinajstić information content (AvgIpc) is 2.89. The fraction of sp³-hybridized carbons (Fsp3) is 0.545. The van der Waals surface area contributed by atoms with Crippen LogP contribution in [0.25, 0.3) is 0 Å². The van der Waals surface area contributed by atoms with Crippen molar-refractivity contribution in [2.75, 3.05) is 18.1 Å². The number of carbonyl (C=O) groups is 2. The Kier molecular flexibility index (Phi) is 4.24. The minimum absolute atomic E-state index is 0.101. The molecule has 7 heteroatoms. The third-order valence-corrected chi connectivity index (χ3v) is 3.90. The molecule has 0 spiro atoms. The van der Waals surface area contributed by atoms with Gasteiger partial charge in [0.2, 0.25) is 5.91 Å². The Morgan fingerprint density at radius 3 is 3.00 bits per heavy atom. The fourth-order valence-corrected chi connectivity index (χ4v) is 2.93. The summed E-state index contributed by atoms with van der Waals surface area (Å²) in [5, 5.41) is 9.09. The molecule has 1 N–H and O–H groups in total. The number of amides is 1. The van der Waals surface area contributed by atoms with Gasteiger partial charge in [0.25, 0.3) is 0 Å². The molecule has 1 amide bonds. The largest absolute Gasteiger partial charge is 0.480 e. The number of rotatable bonds is 4. The fourth-order valence-electron chi connectivity index (χ4n) is 1.89. The van der Waals surface area contributed by atoms with Gasteiger partial charge in [-0.1, -0.05) is 0 Å². The van der Waals surface area contributed by atoms with Gasteiger partial charge < -0.3 is 14.6 Å². The van der Waals surface area contributed by atoms with E-state index in [2.05, 4.69) is 4.98 Å². The lowest BCUT2D eigenvalue weighted by Gasteiger charge is -2.32. The first kappa shape index (κ1) is 12.9. The summed E-state index contributed by atoms with van der Waals surface area (Å²) in [7, 11) is 0. The van der Waals surface area contributed by atoms with E-state index in [9.17, 15) is 9.59 Å². The molecule has 1 saturated heterocycles. The summed E-state index contributed by atoms with van der Waals surface area (Å²) < 4.78 is 1.81. The molecule has 0 saturated carbocycles. The highest BCUT2D eigenvalue weighted by atomic mass is 32.2. The molecule has 0 aromatic carbocycles. The van der Waals surface area contributed by atoms with E-state index in [4.69, 9.17) is 5.11 Å². The van der Waals surface area contributed by atoms with Crippen molar-refractivity contribution in [3.63, 3.8) is 0 Å². The second kappa shape index (κ2) is 5.90. The van der Waals surface area contributed by atoms with Crippen molar-refractivity contribution in [2.24, 2.45) is 0 Å². The monoisotopic (exact) mass is 269 g/mol. The predicted molar refractivity (Wildman–Crippen MR) is 67.3 cm³/mol. The molecule has 18 heavy (non-hydrogen) atoms. The van der Waals surface area contributed by atoms with Crippen molar-refractivity contribution in [2.45, 2.75) is 19.0 Å². The summed E-state index contributed by atoms with van der Waals surface area (Å²) in [6, 6.07) is -0.681. The molecule has 1 fully saturated rings. The molecular weight excluding hydrogens is 254 g/mol. The van der Waals surface area contributed by atoms with E-state index in [0.717, 1.165) is 5.75 Å². The van der Waals surface area contributed by atoms with Crippen LogP contribution in [0.2, 0.25) is 0 Å². The maximum Gasteiger partial charge on any atom is 0.327 e. The quantitative estimate of drug-likeness (QED) is 0.851. The Bertz CT molecular complexity index is 421. The second-order valence-corrected chi connectivity index (χ2v) is 5.22. The molecule has 1 unspecified atom stereocenters. The number of carbonyl (C=O) groups excluding carboxylic acids is 1. The first-order valence-corrected chi connectivity index (χ1v) is 6.89. The van der Waals surface area contributed by atoms with Crippen LogP contribution in [-0.4, -0.2) is 55.5 Å². The van der Waals surface area contributed by atoms with Gasteiger partial charge in [-0.25, -0.2) is 9.78 Å². The highest BCUT2D eigenvalue weighted by Crippen LogP contribution is 2.17. The van der Waals surface area contributed by atoms with Crippen molar-refractivity contribution in [3.05, 3.63) is 18.7 Å². The Hall–Kier alpha value is -1.50. The molecule has 1 atom stereocenters. The van der Waals surface area contributed by atoms with Crippen LogP contribution in [0, 0.1) is 0 Å². The number of aliphatic carboxylic acids is 1. The van der Waals surface area contributed by atoms with Crippen molar-refractivity contribution >= 4 is 23.6 Å². The lowest BCUT2D eigenvalue weighted by Crippen LogP contribution is -2.50. The smallest absolute Gasteiger partial charge is 0.327 e. The van der Waals surface area contributed by atoms with E-state index in [1.54, 1.807) is 30.5 Å². The van der Waals surface area contributed by atoms with Crippen LogP contribution in [0.15, 0.2) is 18.7 Å². The average molecular weight is 269 g/mol. The van der Waals surface area contributed by atoms with Crippen LogP contribution >= 0.6 is 11.8 Å². The number of imidazole rings is 1. The zero-order valence-corrected chi connectivity index (χ0v) is 10.7. The Labute approximate surface area is 109 Å². The number of hydrogen-bond acceptors (Lipinski definition) is 4. The Morgan fingerprint density at radius 1 is 1.50 bits per heavy atom. The topological polar surface area (TPSA) is 75.4 Å². The predicted octanol–water partition coefficient (Wildman–Crippen LogP) is 0.302. The lowest BCUT2D eigenvalue weighted by molar-refractivity contribution is -0.149. The number of hydrogen-bond donors (Lipinski definition) is 1. The van der Waals surface area contributed by atoms with Crippen LogP contribution in [0.3, 0.4) is 0 Å². The Balaban J connectivity index is 1.92. The number of aromatic nitrogens is 2. The van der Waals surface area contributed by atoms with Crippen molar-refractivity contribution in [3.8, 4) is 0 Å². The van der Waals surface area contributed by atoms with E-state index < -0.39 is 12.0 Å². The maximum absolute atomic E-state index is 12.0. The standard InChI is InChI=1S/C11H15N3O3S/c15-10(1-3-13-4-2-12-8-13)14-5-6-18-7-9(14)11(16)17/h2,4,8-9H,1,3,5-7H2,(H,16,17). The van der Waals surface area contributed by atoms with Crippen LogP contribution in [-0.2, 0) is 16.1 Å². The number of carboxylic acid groups (broad SMARTS) is 1. The normalized spacial score (nSPS) is 19.8. The highest BCUT2D eigenvalue weighted by Gasteiger charge is 2.31. The van der Waals surface area contributed by atoms with Gasteiger partial charge in [-0.15, -0.1) is 0 Å². The molecule has 0 radical (unpaired) electrons. The highest BCUT2D eigenvalue weighted by molar-refractivity contribution is 7.99. The molecule has 1 aliphatic rings. The van der Waals surface area contributed by atoms with E-state index >= 15 is 0 Å². The number of thioether (sulfide) groups is 1. The summed E-state index contributed by atoms with van der Waals surface area (Å²) >= 11 is 1.58. The summed E-state index contributed by atoms with van der Waals surface area (Å²) in [4.78, 5) is 28.5. The summed E-state index contributed by atoms with van der Waals surface area (Å²) in [5.74, 6) is 0.266. The zero-order valence-electron chi connectivity index (χ0n) is 9.86. The van der Waals surface area contributed by atoms with Crippen molar-refractivity contribution in [1.82, 2.24) is 14.5 Å². The van der Waals surface area contributed by atoms with Gasteiger partial charge >= 0.3 is 5.97 Å². The minimum Gasteiger partial charge on any atom is -0.480 e. The van der Waals surface area contributed by atoms with Gasteiger partial charge in [0, 0.05) is 43.4 Å². The number of nitrogens with zero attached hydrogens (tertiary/aromatic N) is 3. The molecule has 1 aromatic rings. The molecule has 1 aromatic heterocycles. The van der Waals surface area contributed by atoms with Gasteiger partial charge in [-0.05, 0) is 0 Å². The third-order valence-electron chi connectivity index (χ3n) is 2.88. The number of carboxylic acids is 1. The molecule has 0 aliphatic carbocycles. The lowest BCUT2D eigenvalue weighted by atomic mass is 10.2. The maximum atomic E-state index is 12.0. The minimum atomic E-state index is -0.918. The van der Waals surface area contributed by atoms with Crippen LogP contribution < -0.4 is 0 Å². The van der Waals surface area contributed by atoms with E-state index in [-0.39, 0.29) is 5.91 Å². The van der Waals surface area contributed by atoms with Crippen LogP contribution in [0.5, 0.6) is 0 Å². The van der Waals surface area contributed by atoms with Gasteiger partial charge in [0.05, 0.1) is 6.33 Å². The van der Waals surface area contributed by atoms with Crippen molar-refractivity contribution < 1.29 is 14.7 Å². The van der Waals surface area contributed by atoms with E-state index in [1.807, 2.05) is 4.57 Å². The third kappa shape index (κ3) is 3.04. The molecule has 6 nitrogen and oxygen atoms in total. The summed E-state index contributed by atoms with van der Waals surface area (Å²) in [6.07, 6.45) is 5.40. The summed E-state index contributed by atoms with van der Waals surface area (Å²) in [6.45, 7) is 1.05. The summed E-state index contributed by atoms with van der Waals surface area (Å²) in [5.41, 5.74) is 0. The first-order valence-electron chi connectivity index (χ1n) is 5.74. The van der Waals surface area contributed by atoms with Gasteiger partial charge in [0.1, 0.15) is 6.04 Å². The molecular formula is C11H15N3O3S. The number of aryl methyl sites for hydroxylation is 1. The molecule has 1 aliphatic heterocycles. The van der Waals surface area contributed by atoms with Gasteiger partial charge in [-0.3, -0.25) is 4.79 Å². The SMILES string of the molecule is O=C(O)C1CSCCN1C(=O)CCn1ccnc1. The molecule has 98 valence electrons. The molecule has 0 bridgehead atoms. The zero-order chi connectivity index (χ0) is 13.0. The van der Waals surface area contributed by atoms with Gasteiger partial charge in [-0.2, -0.15) is 11.8 Å².